The lowest BCUT2D eigenvalue weighted by molar-refractivity contribution is -0.0754. The van der Waals surface area contributed by atoms with Crippen LogP contribution in [0, 0.1) is 0 Å². The van der Waals surface area contributed by atoms with Gasteiger partial charge in [0.05, 0.1) is 12.4 Å². The molecule has 1 fully saturated rings. The number of piperidine rings is 1. The lowest BCUT2D eigenvalue weighted by Crippen LogP contribution is -2.46. The summed E-state index contributed by atoms with van der Waals surface area (Å²) < 4.78 is 5.66. The zero-order valence-corrected chi connectivity index (χ0v) is 14.6. The number of hydroxylamine groups is 1. The van der Waals surface area contributed by atoms with Gasteiger partial charge in [0.25, 0.3) is 5.91 Å². The Bertz CT molecular complexity index is 818. The van der Waals surface area contributed by atoms with Crippen molar-refractivity contribution in [2.45, 2.75) is 18.4 Å². The van der Waals surface area contributed by atoms with Crippen LogP contribution in [0.5, 0.6) is 5.75 Å². The number of amides is 1. The maximum Gasteiger partial charge on any atom is 0.253 e. The minimum atomic E-state index is -0.470. The first-order valence-electron chi connectivity index (χ1n) is 8.28. The van der Waals surface area contributed by atoms with Crippen molar-refractivity contribution in [3.8, 4) is 5.75 Å². The predicted molar refractivity (Wildman–Crippen MR) is 94.3 cm³/mol. The van der Waals surface area contributed by atoms with Crippen LogP contribution in [-0.2, 0) is 4.84 Å². The molecule has 7 nitrogen and oxygen atoms in total. The second kappa shape index (κ2) is 6.93. The van der Waals surface area contributed by atoms with Crippen molar-refractivity contribution in [3.63, 3.8) is 0 Å². The Morgan fingerprint density at radius 2 is 1.88 bits per heavy atom. The molecule has 0 unspecified atom stereocenters. The molecule has 26 heavy (non-hydrogen) atoms. The van der Waals surface area contributed by atoms with Gasteiger partial charge in [-0.2, -0.15) is 0 Å². The highest BCUT2D eigenvalue weighted by Gasteiger charge is 2.40. The third-order valence-corrected chi connectivity index (χ3v) is 4.75. The number of carbonyl (C=O) groups excluding carboxylic acids is 1. The van der Waals surface area contributed by atoms with Gasteiger partial charge in [-0.1, -0.05) is 11.6 Å². The van der Waals surface area contributed by atoms with Crippen molar-refractivity contribution in [1.29, 1.82) is 0 Å². The first-order chi connectivity index (χ1) is 12.6. The van der Waals surface area contributed by atoms with E-state index in [-0.39, 0.29) is 5.91 Å². The van der Waals surface area contributed by atoms with Crippen LogP contribution in [0.1, 0.15) is 23.2 Å². The molecule has 0 bridgehead atoms. The van der Waals surface area contributed by atoms with E-state index in [1.54, 1.807) is 36.7 Å². The summed E-state index contributed by atoms with van der Waals surface area (Å²) in [4.78, 5) is 28.0. The van der Waals surface area contributed by atoms with E-state index in [4.69, 9.17) is 21.2 Å². The van der Waals surface area contributed by atoms with E-state index in [1.807, 2.05) is 11.0 Å². The summed E-state index contributed by atoms with van der Waals surface area (Å²) in [6.07, 6.45) is 7.87. The smallest absolute Gasteiger partial charge is 0.253 e. The fourth-order valence-electron chi connectivity index (χ4n) is 3.07. The Balaban J connectivity index is 1.38. The topological polar surface area (TPSA) is 76.6 Å². The SMILES string of the molecule is O=C(c1ccc(Cl)cc1)N1CCC2(C=C(Oc3cncnc3)NO2)CC1. The Morgan fingerprint density at radius 1 is 1.19 bits per heavy atom. The van der Waals surface area contributed by atoms with Gasteiger partial charge < -0.3 is 9.64 Å². The highest BCUT2D eigenvalue weighted by molar-refractivity contribution is 6.30. The summed E-state index contributed by atoms with van der Waals surface area (Å²) in [6.45, 7) is 1.20. The number of nitrogens with zero attached hydrogens (tertiary/aromatic N) is 3. The fourth-order valence-corrected chi connectivity index (χ4v) is 3.20. The standard InChI is InChI=1S/C18H17ClN4O3/c19-14-3-1-13(2-4-14)17(24)23-7-5-18(6-8-23)9-16(22-26-18)25-15-10-20-12-21-11-15/h1-4,9-12,22H,5-8H2. The monoisotopic (exact) mass is 372 g/mol. The number of nitrogens with one attached hydrogen (secondary N) is 1. The van der Waals surface area contributed by atoms with Crippen LogP contribution < -0.4 is 10.2 Å². The molecule has 0 aliphatic carbocycles. The van der Waals surface area contributed by atoms with Crippen molar-refractivity contribution < 1.29 is 14.4 Å². The van der Waals surface area contributed by atoms with Crippen LogP contribution in [0.15, 0.2) is 54.9 Å². The average Bonchev–Trinajstić information content (AvgIpc) is 3.05. The molecule has 2 aliphatic rings. The summed E-state index contributed by atoms with van der Waals surface area (Å²) in [5, 5.41) is 0.617. The largest absolute Gasteiger partial charge is 0.436 e. The molecule has 1 aromatic heterocycles. The van der Waals surface area contributed by atoms with Crippen molar-refractivity contribution in [2.75, 3.05) is 13.1 Å². The number of hydrogen-bond donors (Lipinski definition) is 1. The van der Waals surface area contributed by atoms with Crippen LogP contribution in [0.3, 0.4) is 0 Å². The lowest BCUT2D eigenvalue weighted by Gasteiger charge is -2.36. The third-order valence-electron chi connectivity index (χ3n) is 4.50. The van der Waals surface area contributed by atoms with E-state index in [9.17, 15) is 4.79 Å². The van der Waals surface area contributed by atoms with Gasteiger partial charge in [-0.15, -0.1) is 0 Å². The zero-order chi connectivity index (χ0) is 18.0. The number of hydrogen-bond acceptors (Lipinski definition) is 6. The fraction of sp³-hybridized carbons (Fsp3) is 0.278. The second-order valence-corrected chi connectivity index (χ2v) is 6.69. The first-order valence-corrected chi connectivity index (χ1v) is 8.66. The lowest BCUT2D eigenvalue weighted by atomic mass is 9.91. The van der Waals surface area contributed by atoms with E-state index in [0.717, 1.165) is 0 Å². The van der Waals surface area contributed by atoms with Crippen LogP contribution in [0.25, 0.3) is 0 Å². The Morgan fingerprint density at radius 3 is 2.58 bits per heavy atom. The van der Waals surface area contributed by atoms with Gasteiger partial charge in [0.15, 0.2) is 5.75 Å². The van der Waals surface area contributed by atoms with Gasteiger partial charge in [-0.3, -0.25) is 9.63 Å². The molecule has 0 saturated carbocycles. The van der Waals surface area contributed by atoms with Gasteiger partial charge in [-0.05, 0) is 24.3 Å². The molecule has 2 aliphatic heterocycles. The normalized spacial score (nSPS) is 18.3. The Hall–Kier alpha value is -2.64. The number of benzene rings is 1. The summed E-state index contributed by atoms with van der Waals surface area (Å²) >= 11 is 5.88. The summed E-state index contributed by atoms with van der Waals surface area (Å²) in [5.41, 5.74) is 2.98. The number of halogens is 1. The molecule has 1 saturated heterocycles. The molecule has 1 aromatic carbocycles. The third kappa shape index (κ3) is 3.49. The van der Waals surface area contributed by atoms with Crippen LogP contribution in [0.2, 0.25) is 5.02 Å². The Labute approximate surface area is 155 Å². The van der Waals surface area contributed by atoms with E-state index in [2.05, 4.69) is 15.4 Å². The molecular formula is C18H17ClN4O3. The van der Waals surface area contributed by atoms with Crippen molar-refractivity contribution in [2.24, 2.45) is 0 Å². The minimum absolute atomic E-state index is 0.00404. The van der Waals surface area contributed by atoms with Gasteiger partial charge in [0.1, 0.15) is 11.9 Å². The quantitative estimate of drug-likeness (QED) is 0.892. The molecule has 1 amide bonds. The van der Waals surface area contributed by atoms with E-state index in [1.165, 1.54) is 6.33 Å². The molecule has 1 spiro atoms. The van der Waals surface area contributed by atoms with E-state index in [0.29, 0.717) is 48.1 Å². The van der Waals surface area contributed by atoms with Crippen LogP contribution in [0.4, 0.5) is 0 Å². The highest BCUT2D eigenvalue weighted by atomic mass is 35.5. The van der Waals surface area contributed by atoms with Crippen molar-refractivity contribution in [3.05, 3.63) is 65.5 Å². The molecule has 2 aromatic rings. The summed E-state index contributed by atoms with van der Waals surface area (Å²) in [6, 6.07) is 6.95. The number of rotatable bonds is 3. The van der Waals surface area contributed by atoms with Crippen LogP contribution in [-0.4, -0.2) is 39.5 Å². The van der Waals surface area contributed by atoms with Crippen molar-refractivity contribution >= 4 is 17.5 Å². The number of aromatic nitrogens is 2. The summed E-state index contributed by atoms with van der Waals surface area (Å²) in [7, 11) is 0. The molecule has 3 heterocycles. The first kappa shape index (κ1) is 16.8. The molecule has 4 rings (SSSR count). The van der Waals surface area contributed by atoms with E-state index < -0.39 is 5.60 Å². The van der Waals surface area contributed by atoms with Crippen molar-refractivity contribution in [1.82, 2.24) is 20.3 Å². The van der Waals surface area contributed by atoms with E-state index >= 15 is 0 Å². The number of carbonyl (C=O) groups is 1. The van der Waals surface area contributed by atoms with Gasteiger partial charge in [0.2, 0.25) is 5.88 Å². The molecule has 0 radical (unpaired) electrons. The molecule has 1 N–H and O–H groups in total. The average molecular weight is 373 g/mol. The molecule has 134 valence electrons. The summed E-state index contributed by atoms with van der Waals surface area (Å²) in [5.74, 6) is 1.05. The van der Waals surface area contributed by atoms with Gasteiger partial charge in [-0.25, -0.2) is 15.4 Å². The van der Waals surface area contributed by atoms with Gasteiger partial charge >= 0.3 is 0 Å². The maximum absolute atomic E-state index is 12.6. The molecule has 0 atom stereocenters. The number of ether oxygens (including phenoxy) is 1. The van der Waals surface area contributed by atoms with Gasteiger partial charge in [0, 0.05) is 42.6 Å². The van der Waals surface area contributed by atoms with Crippen LogP contribution >= 0.6 is 11.6 Å². The molecule has 8 heteroatoms. The number of likely N-dealkylation sites (tertiary alicyclic amines) is 1. The minimum Gasteiger partial charge on any atom is -0.436 e. The molecular weight excluding hydrogens is 356 g/mol. The second-order valence-electron chi connectivity index (χ2n) is 6.25. The predicted octanol–water partition coefficient (Wildman–Crippen LogP) is 2.56. The Kier molecular flexibility index (Phi) is 4.48. The maximum atomic E-state index is 12.6. The highest BCUT2D eigenvalue weighted by Crippen LogP contribution is 2.32. The zero-order valence-electron chi connectivity index (χ0n) is 13.9.